The van der Waals surface area contributed by atoms with Crippen molar-refractivity contribution in [2.75, 3.05) is 0 Å². The highest BCUT2D eigenvalue weighted by molar-refractivity contribution is 9.10. The summed E-state index contributed by atoms with van der Waals surface area (Å²) < 4.78 is 5.57. The maximum absolute atomic E-state index is 11.1. The van der Waals surface area contributed by atoms with Gasteiger partial charge in [0.25, 0.3) is 0 Å². The molecule has 0 atom stereocenters. The predicted octanol–water partition coefficient (Wildman–Crippen LogP) is 2.56. The van der Waals surface area contributed by atoms with Crippen molar-refractivity contribution in [1.29, 1.82) is 0 Å². The lowest BCUT2D eigenvalue weighted by atomic mass is 10.2. The zero-order chi connectivity index (χ0) is 8.55. The molecule has 0 amide bonds. The topological polar surface area (TPSA) is 30.2 Å². The first-order valence-electron chi connectivity index (χ1n) is 3.45. The smallest absolute Gasteiger partial charge is 0.343 e. The Morgan fingerprint density at radius 1 is 1.17 bits per heavy atom. The molecule has 12 heavy (non-hydrogen) atoms. The molecule has 0 N–H and O–H groups in total. The number of hydrogen-bond donors (Lipinski definition) is 0. The number of hydrogen-bond acceptors (Lipinski definition) is 2. The number of benzene rings is 1. The minimum absolute atomic E-state index is 0.297. The van der Waals surface area contributed by atoms with E-state index in [-0.39, 0.29) is 5.63 Å². The van der Waals surface area contributed by atoms with Crippen molar-refractivity contribution in [1.82, 2.24) is 0 Å². The van der Waals surface area contributed by atoms with Crippen molar-refractivity contribution in [2.24, 2.45) is 0 Å². The molecule has 0 spiro atoms. The van der Waals surface area contributed by atoms with Gasteiger partial charge in [-0.15, -0.1) is 0 Å². The number of fused-ring (bicyclic) bond motifs is 1. The van der Waals surface area contributed by atoms with E-state index < -0.39 is 0 Å². The van der Waals surface area contributed by atoms with Crippen LogP contribution >= 0.6 is 15.9 Å². The van der Waals surface area contributed by atoms with E-state index in [1.54, 1.807) is 6.07 Å². The zero-order valence-corrected chi connectivity index (χ0v) is 7.67. The molecular formula is C9H5BrO2. The Morgan fingerprint density at radius 3 is 2.50 bits per heavy atom. The van der Waals surface area contributed by atoms with Crippen LogP contribution in [0, 0.1) is 0 Å². The molecule has 0 unspecified atom stereocenters. The molecule has 2 aromatic rings. The summed E-state index contributed by atoms with van der Waals surface area (Å²) in [5.41, 5.74) is -0.297. The van der Waals surface area contributed by atoms with E-state index in [1.165, 1.54) is 6.26 Å². The van der Waals surface area contributed by atoms with Crippen molar-refractivity contribution in [2.45, 2.75) is 0 Å². The van der Waals surface area contributed by atoms with Gasteiger partial charge in [0, 0.05) is 5.39 Å². The summed E-state index contributed by atoms with van der Waals surface area (Å²) in [7, 11) is 0. The molecule has 0 radical (unpaired) electrons. The van der Waals surface area contributed by atoms with Crippen LogP contribution in [0.15, 0.2) is 44.2 Å². The van der Waals surface area contributed by atoms with Gasteiger partial charge in [0.15, 0.2) is 0 Å². The molecule has 0 aliphatic heterocycles. The van der Waals surface area contributed by atoms with Gasteiger partial charge in [0.05, 0.1) is 9.86 Å². The zero-order valence-electron chi connectivity index (χ0n) is 6.08. The SMILES string of the molecule is O=c1occ(Br)c2ccccc12. The van der Waals surface area contributed by atoms with Crippen LogP contribution in [0.3, 0.4) is 0 Å². The van der Waals surface area contributed by atoms with Crippen molar-refractivity contribution in [3.05, 3.63) is 45.4 Å². The molecule has 0 fully saturated rings. The van der Waals surface area contributed by atoms with E-state index >= 15 is 0 Å². The van der Waals surface area contributed by atoms with Crippen LogP contribution < -0.4 is 5.63 Å². The van der Waals surface area contributed by atoms with E-state index in [0.29, 0.717) is 5.39 Å². The van der Waals surface area contributed by atoms with Gasteiger partial charge in [0.2, 0.25) is 0 Å². The van der Waals surface area contributed by atoms with E-state index in [4.69, 9.17) is 4.42 Å². The molecule has 60 valence electrons. The van der Waals surface area contributed by atoms with Gasteiger partial charge in [-0.3, -0.25) is 0 Å². The van der Waals surface area contributed by atoms with Crippen molar-refractivity contribution in [3.8, 4) is 0 Å². The minimum atomic E-state index is -0.297. The Balaban J connectivity index is 3.05. The summed E-state index contributed by atoms with van der Waals surface area (Å²) in [5.74, 6) is 0. The largest absolute Gasteiger partial charge is 0.430 e. The molecule has 0 saturated heterocycles. The van der Waals surface area contributed by atoms with Crippen LogP contribution in [0.4, 0.5) is 0 Å². The molecule has 2 nitrogen and oxygen atoms in total. The predicted molar refractivity (Wildman–Crippen MR) is 50.2 cm³/mol. The Labute approximate surface area is 76.9 Å². The number of halogens is 1. The highest BCUT2D eigenvalue weighted by Crippen LogP contribution is 2.19. The van der Waals surface area contributed by atoms with Crippen molar-refractivity contribution >= 4 is 26.7 Å². The van der Waals surface area contributed by atoms with Crippen LogP contribution in [0.2, 0.25) is 0 Å². The maximum Gasteiger partial charge on any atom is 0.343 e. The number of rotatable bonds is 0. The van der Waals surface area contributed by atoms with Gasteiger partial charge in [-0.05, 0) is 22.0 Å². The minimum Gasteiger partial charge on any atom is -0.430 e. The fraction of sp³-hybridized carbons (Fsp3) is 0. The van der Waals surface area contributed by atoms with Gasteiger partial charge in [-0.25, -0.2) is 4.79 Å². The fourth-order valence-corrected chi connectivity index (χ4v) is 1.54. The van der Waals surface area contributed by atoms with Gasteiger partial charge in [0.1, 0.15) is 6.26 Å². The van der Waals surface area contributed by atoms with Crippen LogP contribution in [-0.2, 0) is 0 Å². The van der Waals surface area contributed by atoms with Crippen LogP contribution in [-0.4, -0.2) is 0 Å². The average molecular weight is 225 g/mol. The lowest BCUT2D eigenvalue weighted by Gasteiger charge is -1.95. The molecule has 0 aliphatic rings. The first-order chi connectivity index (χ1) is 5.79. The molecule has 3 heteroatoms. The molecule has 2 rings (SSSR count). The first-order valence-corrected chi connectivity index (χ1v) is 4.24. The van der Waals surface area contributed by atoms with Gasteiger partial charge >= 0.3 is 5.63 Å². The summed E-state index contributed by atoms with van der Waals surface area (Å²) in [6.45, 7) is 0. The van der Waals surface area contributed by atoms with Crippen molar-refractivity contribution in [3.63, 3.8) is 0 Å². The Hall–Kier alpha value is -1.09. The Morgan fingerprint density at radius 2 is 1.83 bits per heavy atom. The van der Waals surface area contributed by atoms with E-state index in [9.17, 15) is 4.79 Å². The van der Waals surface area contributed by atoms with E-state index in [1.807, 2.05) is 18.2 Å². The maximum atomic E-state index is 11.1. The normalized spacial score (nSPS) is 10.4. The highest BCUT2D eigenvalue weighted by Gasteiger charge is 2.01. The quantitative estimate of drug-likeness (QED) is 0.689. The molecule has 0 aliphatic carbocycles. The summed E-state index contributed by atoms with van der Waals surface area (Å²) in [6.07, 6.45) is 1.41. The highest BCUT2D eigenvalue weighted by atomic mass is 79.9. The van der Waals surface area contributed by atoms with E-state index in [2.05, 4.69) is 15.9 Å². The summed E-state index contributed by atoms with van der Waals surface area (Å²) in [4.78, 5) is 11.1. The Kier molecular flexibility index (Phi) is 1.73. The molecule has 1 aromatic heterocycles. The van der Waals surface area contributed by atoms with Gasteiger partial charge in [-0.2, -0.15) is 0 Å². The lowest BCUT2D eigenvalue weighted by Crippen LogP contribution is -1.97. The van der Waals surface area contributed by atoms with Gasteiger partial charge < -0.3 is 4.42 Å². The molecule has 1 heterocycles. The Bertz CT molecular complexity index is 473. The monoisotopic (exact) mass is 224 g/mol. The van der Waals surface area contributed by atoms with E-state index in [0.717, 1.165) is 9.86 Å². The lowest BCUT2D eigenvalue weighted by molar-refractivity contribution is 0.516. The molecule has 0 saturated carbocycles. The second-order valence-electron chi connectivity index (χ2n) is 2.42. The van der Waals surface area contributed by atoms with Crippen LogP contribution in [0.25, 0.3) is 10.8 Å². The summed E-state index contributed by atoms with van der Waals surface area (Å²) in [5, 5.41) is 1.49. The fourth-order valence-electron chi connectivity index (χ4n) is 1.10. The van der Waals surface area contributed by atoms with Crippen molar-refractivity contribution < 1.29 is 4.42 Å². The summed E-state index contributed by atoms with van der Waals surface area (Å²) >= 11 is 3.30. The second kappa shape index (κ2) is 2.75. The average Bonchev–Trinajstić information content (AvgIpc) is 2.12. The third kappa shape index (κ3) is 1.06. The standard InChI is InChI=1S/C9H5BrO2/c10-8-5-12-9(11)7-4-2-1-3-6(7)8/h1-5H. The summed E-state index contributed by atoms with van der Waals surface area (Å²) in [6, 6.07) is 7.31. The van der Waals surface area contributed by atoms with Crippen LogP contribution in [0.5, 0.6) is 0 Å². The third-order valence-electron chi connectivity index (χ3n) is 1.67. The molecule has 1 aromatic carbocycles. The molecule has 0 bridgehead atoms. The second-order valence-corrected chi connectivity index (χ2v) is 3.27. The first kappa shape index (κ1) is 7.55. The van der Waals surface area contributed by atoms with Gasteiger partial charge in [-0.1, -0.05) is 18.2 Å². The van der Waals surface area contributed by atoms with Crippen LogP contribution in [0.1, 0.15) is 0 Å². The molecular weight excluding hydrogens is 220 g/mol. The third-order valence-corrected chi connectivity index (χ3v) is 2.29.